The van der Waals surface area contributed by atoms with Crippen LogP contribution in [0.5, 0.6) is 5.75 Å². The first-order chi connectivity index (χ1) is 8.56. The Morgan fingerprint density at radius 1 is 1.56 bits per heavy atom. The predicted molar refractivity (Wildman–Crippen MR) is 64.4 cm³/mol. The standard InChI is InChI=1S/C14H16FNO2/c1-10(17)12-8-11(15)2-3-13(12)18-9-14(4-5-14)6-7-16/h2-3,8,10,17H,4-6,9H2,1H3. The molecule has 1 aliphatic carbocycles. The first-order valence-electron chi connectivity index (χ1n) is 6.04. The van der Waals surface area contributed by atoms with Crippen molar-refractivity contribution in [3.63, 3.8) is 0 Å². The van der Waals surface area contributed by atoms with E-state index in [1.54, 1.807) is 6.92 Å². The Kier molecular flexibility index (Phi) is 3.53. The molecule has 1 aliphatic rings. The largest absolute Gasteiger partial charge is 0.493 e. The van der Waals surface area contributed by atoms with Crippen LogP contribution in [0.2, 0.25) is 0 Å². The van der Waals surface area contributed by atoms with Gasteiger partial charge in [-0.15, -0.1) is 0 Å². The molecule has 4 heteroatoms. The average Bonchev–Trinajstić information content (AvgIpc) is 3.08. The molecule has 18 heavy (non-hydrogen) atoms. The van der Waals surface area contributed by atoms with Gasteiger partial charge in [-0.25, -0.2) is 4.39 Å². The number of nitrogens with zero attached hydrogens (tertiary/aromatic N) is 1. The van der Waals surface area contributed by atoms with Crippen LogP contribution >= 0.6 is 0 Å². The van der Waals surface area contributed by atoms with Crippen LogP contribution in [-0.4, -0.2) is 11.7 Å². The molecule has 0 heterocycles. The van der Waals surface area contributed by atoms with E-state index in [0.717, 1.165) is 12.8 Å². The smallest absolute Gasteiger partial charge is 0.125 e. The second kappa shape index (κ2) is 4.95. The van der Waals surface area contributed by atoms with Crippen molar-refractivity contribution in [1.29, 1.82) is 5.26 Å². The van der Waals surface area contributed by atoms with Crippen molar-refractivity contribution in [2.24, 2.45) is 5.41 Å². The second-order valence-corrected chi connectivity index (χ2v) is 4.98. The molecule has 1 unspecified atom stereocenters. The molecule has 1 aromatic rings. The van der Waals surface area contributed by atoms with Gasteiger partial charge in [-0.1, -0.05) is 0 Å². The van der Waals surface area contributed by atoms with Gasteiger partial charge in [0.25, 0.3) is 0 Å². The summed E-state index contributed by atoms with van der Waals surface area (Å²) in [5.41, 5.74) is 0.418. The van der Waals surface area contributed by atoms with E-state index in [0.29, 0.717) is 24.3 Å². The Bertz CT molecular complexity index is 475. The molecule has 1 saturated carbocycles. The third-order valence-corrected chi connectivity index (χ3v) is 3.37. The molecule has 2 rings (SSSR count). The lowest BCUT2D eigenvalue weighted by Crippen LogP contribution is -2.13. The number of rotatable bonds is 5. The summed E-state index contributed by atoms with van der Waals surface area (Å²) in [6.45, 7) is 2.02. The van der Waals surface area contributed by atoms with Crippen LogP contribution < -0.4 is 4.74 Å². The monoisotopic (exact) mass is 249 g/mol. The Balaban J connectivity index is 2.08. The van der Waals surface area contributed by atoms with Crippen LogP contribution in [0.4, 0.5) is 4.39 Å². The van der Waals surface area contributed by atoms with Gasteiger partial charge in [0, 0.05) is 17.4 Å². The first-order valence-corrected chi connectivity index (χ1v) is 6.04. The van der Waals surface area contributed by atoms with Gasteiger partial charge in [0.2, 0.25) is 0 Å². The third kappa shape index (κ3) is 2.80. The van der Waals surface area contributed by atoms with E-state index in [9.17, 15) is 9.50 Å². The van der Waals surface area contributed by atoms with Gasteiger partial charge in [0.15, 0.2) is 0 Å². The molecule has 3 nitrogen and oxygen atoms in total. The molecule has 0 radical (unpaired) electrons. The summed E-state index contributed by atoms with van der Waals surface area (Å²) in [5.74, 6) is 0.104. The maximum atomic E-state index is 13.1. The molecule has 0 saturated heterocycles. The number of ether oxygens (including phenoxy) is 1. The molecule has 0 amide bonds. The Hall–Kier alpha value is -1.60. The summed E-state index contributed by atoms with van der Waals surface area (Å²) in [5, 5.41) is 18.3. The van der Waals surface area contributed by atoms with Crippen molar-refractivity contribution in [3.8, 4) is 11.8 Å². The lowest BCUT2D eigenvalue weighted by molar-refractivity contribution is 0.183. The molecular weight excluding hydrogens is 233 g/mol. The number of nitriles is 1. The highest BCUT2D eigenvalue weighted by Crippen LogP contribution is 2.48. The van der Waals surface area contributed by atoms with E-state index in [4.69, 9.17) is 10.00 Å². The van der Waals surface area contributed by atoms with Crippen molar-refractivity contribution >= 4 is 0 Å². The summed E-state index contributed by atoms with van der Waals surface area (Å²) >= 11 is 0. The summed E-state index contributed by atoms with van der Waals surface area (Å²) in [4.78, 5) is 0. The van der Waals surface area contributed by atoms with E-state index < -0.39 is 11.9 Å². The maximum Gasteiger partial charge on any atom is 0.125 e. The van der Waals surface area contributed by atoms with Crippen LogP contribution in [0.3, 0.4) is 0 Å². The summed E-state index contributed by atoms with van der Waals surface area (Å²) in [7, 11) is 0. The molecule has 1 atom stereocenters. The fourth-order valence-corrected chi connectivity index (χ4v) is 1.92. The van der Waals surface area contributed by atoms with Gasteiger partial charge < -0.3 is 9.84 Å². The zero-order valence-electron chi connectivity index (χ0n) is 10.3. The van der Waals surface area contributed by atoms with Crippen molar-refractivity contribution in [1.82, 2.24) is 0 Å². The van der Waals surface area contributed by atoms with Crippen molar-refractivity contribution in [2.75, 3.05) is 6.61 Å². The minimum atomic E-state index is -0.776. The van der Waals surface area contributed by atoms with Gasteiger partial charge >= 0.3 is 0 Å². The SMILES string of the molecule is CC(O)c1cc(F)ccc1OCC1(CC#N)CC1. The van der Waals surface area contributed by atoms with Crippen molar-refractivity contribution in [2.45, 2.75) is 32.3 Å². The number of aliphatic hydroxyl groups is 1. The molecule has 0 aromatic heterocycles. The van der Waals surface area contributed by atoms with E-state index in [-0.39, 0.29) is 5.41 Å². The number of halogens is 1. The quantitative estimate of drug-likeness (QED) is 0.872. The Morgan fingerprint density at radius 2 is 2.28 bits per heavy atom. The van der Waals surface area contributed by atoms with Gasteiger partial charge in [-0.2, -0.15) is 5.26 Å². The topological polar surface area (TPSA) is 53.2 Å². The Morgan fingerprint density at radius 3 is 2.83 bits per heavy atom. The van der Waals surface area contributed by atoms with Gasteiger partial charge in [-0.3, -0.25) is 0 Å². The molecule has 0 spiro atoms. The number of hydrogen-bond acceptors (Lipinski definition) is 3. The summed E-state index contributed by atoms with van der Waals surface area (Å²) in [6, 6.07) is 6.28. The highest BCUT2D eigenvalue weighted by Gasteiger charge is 2.43. The highest BCUT2D eigenvalue weighted by molar-refractivity contribution is 5.35. The summed E-state index contributed by atoms with van der Waals surface area (Å²) in [6.07, 6.45) is 1.69. The van der Waals surface area contributed by atoms with Crippen LogP contribution in [0.15, 0.2) is 18.2 Å². The molecule has 1 N–H and O–H groups in total. The molecule has 0 bridgehead atoms. The first kappa shape index (κ1) is 12.8. The Labute approximate surface area is 106 Å². The maximum absolute atomic E-state index is 13.1. The molecule has 1 aromatic carbocycles. The fourth-order valence-electron chi connectivity index (χ4n) is 1.92. The van der Waals surface area contributed by atoms with Crippen LogP contribution in [0, 0.1) is 22.6 Å². The van der Waals surface area contributed by atoms with E-state index in [1.165, 1.54) is 18.2 Å². The van der Waals surface area contributed by atoms with Crippen molar-refractivity contribution in [3.05, 3.63) is 29.6 Å². The molecular formula is C14H16FNO2. The van der Waals surface area contributed by atoms with Crippen molar-refractivity contribution < 1.29 is 14.2 Å². The van der Waals surface area contributed by atoms with E-state index in [1.807, 2.05) is 0 Å². The van der Waals surface area contributed by atoms with Crippen LogP contribution in [-0.2, 0) is 0 Å². The fraction of sp³-hybridized carbons (Fsp3) is 0.500. The zero-order chi connectivity index (χ0) is 13.2. The second-order valence-electron chi connectivity index (χ2n) is 4.98. The highest BCUT2D eigenvalue weighted by atomic mass is 19.1. The zero-order valence-corrected chi connectivity index (χ0v) is 10.3. The average molecular weight is 249 g/mol. The number of benzene rings is 1. The number of hydrogen-bond donors (Lipinski definition) is 1. The minimum absolute atomic E-state index is 0.0287. The number of aliphatic hydroxyl groups excluding tert-OH is 1. The third-order valence-electron chi connectivity index (χ3n) is 3.37. The lowest BCUT2D eigenvalue weighted by Gasteiger charge is -2.17. The molecule has 96 valence electrons. The van der Waals surface area contributed by atoms with Gasteiger partial charge in [-0.05, 0) is 38.0 Å². The molecule has 0 aliphatic heterocycles. The normalized spacial score (nSPS) is 17.9. The molecule has 1 fully saturated rings. The van der Waals surface area contributed by atoms with Crippen LogP contribution in [0.25, 0.3) is 0 Å². The predicted octanol–water partition coefficient (Wildman–Crippen LogP) is 2.95. The van der Waals surface area contributed by atoms with Crippen LogP contribution in [0.1, 0.15) is 37.9 Å². The lowest BCUT2D eigenvalue weighted by atomic mass is 10.1. The van der Waals surface area contributed by atoms with Gasteiger partial charge in [0.1, 0.15) is 11.6 Å². The van der Waals surface area contributed by atoms with E-state index >= 15 is 0 Å². The summed E-state index contributed by atoms with van der Waals surface area (Å²) < 4.78 is 18.8. The van der Waals surface area contributed by atoms with Gasteiger partial charge in [0.05, 0.1) is 18.8 Å². The van der Waals surface area contributed by atoms with E-state index in [2.05, 4.69) is 6.07 Å². The minimum Gasteiger partial charge on any atom is -0.493 e.